The lowest BCUT2D eigenvalue weighted by Gasteiger charge is -2.12. The van der Waals surface area contributed by atoms with E-state index in [1.54, 1.807) is 16.8 Å². The third kappa shape index (κ3) is 3.99. The van der Waals surface area contributed by atoms with Crippen molar-refractivity contribution in [1.82, 2.24) is 14.5 Å². The molecule has 142 valence electrons. The molecule has 5 N–H and O–H groups in total. The molecule has 0 saturated carbocycles. The lowest BCUT2D eigenvalue weighted by atomic mass is 10.2. The van der Waals surface area contributed by atoms with E-state index in [9.17, 15) is 13.6 Å². The van der Waals surface area contributed by atoms with E-state index in [-0.39, 0.29) is 35.8 Å². The maximum absolute atomic E-state index is 14.0. The van der Waals surface area contributed by atoms with Crippen LogP contribution in [-0.2, 0) is 6.54 Å². The molecule has 3 aromatic rings. The summed E-state index contributed by atoms with van der Waals surface area (Å²) in [5, 5.41) is 0. The fraction of sp³-hybridized carbons (Fsp3) is 0.222. The van der Waals surface area contributed by atoms with Crippen LogP contribution in [0.1, 0.15) is 11.1 Å². The molecule has 0 fully saturated rings. The Balaban J connectivity index is 1.97. The van der Waals surface area contributed by atoms with Gasteiger partial charge in [-0.3, -0.25) is 9.78 Å². The summed E-state index contributed by atoms with van der Waals surface area (Å²) in [5.41, 5.74) is 6.17. The summed E-state index contributed by atoms with van der Waals surface area (Å²) in [7, 11) is 0. The van der Waals surface area contributed by atoms with Crippen molar-refractivity contribution in [3.63, 3.8) is 0 Å². The zero-order valence-corrected chi connectivity index (χ0v) is 15.5. The van der Waals surface area contributed by atoms with Crippen LogP contribution in [0, 0.1) is 17.5 Å². The van der Waals surface area contributed by atoms with E-state index in [0.29, 0.717) is 28.5 Å². The van der Waals surface area contributed by atoms with Crippen molar-refractivity contribution < 1.29 is 19.3 Å². The van der Waals surface area contributed by atoms with E-state index < -0.39 is 5.82 Å². The van der Waals surface area contributed by atoms with Gasteiger partial charge >= 0.3 is 0 Å². The number of hydrogen-bond acceptors (Lipinski definition) is 3. The number of nitrogens with one attached hydrogen (secondary N) is 2. The predicted octanol–water partition coefficient (Wildman–Crippen LogP) is 2.36. The molecule has 27 heavy (non-hydrogen) atoms. The van der Waals surface area contributed by atoms with Crippen molar-refractivity contribution in [2.45, 2.75) is 13.5 Å². The number of benzene rings is 1. The molecular formula is C18H19F2N4O2S+. The SMILES string of the molecule is Cc1c[nH]c2c(=O)[nH]c(=S)n(Cc3cc(F)cc(OC/C(=C/F)C[NH3+])c3)c12. The van der Waals surface area contributed by atoms with Gasteiger partial charge in [0.05, 0.1) is 18.4 Å². The Kier molecular flexibility index (Phi) is 5.52. The quantitative estimate of drug-likeness (QED) is 0.562. The fourth-order valence-electron chi connectivity index (χ4n) is 2.83. The first-order chi connectivity index (χ1) is 12.9. The molecule has 0 aliphatic rings. The van der Waals surface area contributed by atoms with Gasteiger partial charge in [0.25, 0.3) is 5.56 Å². The molecule has 0 amide bonds. The molecule has 6 nitrogen and oxygen atoms in total. The highest BCUT2D eigenvalue weighted by atomic mass is 32.1. The Morgan fingerprint density at radius 3 is 2.89 bits per heavy atom. The van der Waals surface area contributed by atoms with Gasteiger partial charge in [0.2, 0.25) is 0 Å². The summed E-state index contributed by atoms with van der Waals surface area (Å²) < 4.78 is 34.1. The average Bonchev–Trinajstić information content (AvgIpc) is 3.01. The second-order valence-electron chi connectivity index (χ2n) is 6.14. The van der Waals surface area contributed by atoms with Gasteiger partial charge in [-0.15, -0.1) is 0 Å². The van der Waals surface area contributed by atoms with Crippen LogP contribution in [0.5, 0.6) is 5.75 Å². The minimum atomic E-state index is -0.485. The number of quaternary nitrogens is 1. The summed E-state index contributed by atoms with van der Waals surface area (Å²) in [4.78, 5) is 17.6. The van der Waals surface area contributed by atoms with Crippen LogP contribution in [0.25, 0.3) is 11.0 Å². The molecule has 2 heterocycles. The number of fused-ring (bicyclic) bond motifs is 1. The van der Waals surface area contributed by atoms with E-state index in [1.165, 1.54) is 12.1 Å². The van der Waals surface area contributed by atoms with Crippen LogP contribution in [-0.4, -0.2) is 27.7 Å². The Hall–Kier alpha value is -2.78. The molecule has 0 aliphatic carbocycles. The monoisotopic (exact) mass is 393 g/mol. The van der Waals surface area contributed by atoms with Crippen LogP contribution in [0.2, 0.25) is 0 Å². The summed E-state index contributed by atoms with van der Waals surface area (Å²) in [5.74, 6) is -0.211. The zero-order chi connectivity index (χ0) is 19.6. The van der Waals surface area contributed by atoms with Gasteiger partial charge < -0.3 is 20.0 Å². The van der Waals surface area contributed by atoms with Crippen molar-refractivity contribution in [2.75, 3.05) is 13.2 Å². The lowest BCUT2D eigenvalue weighted by molar-refractivity contribution is -0.356. The van der Waals surface area contributed by atoms with E-state index >= 15 is 0 Å². The number of nitrogens with zero attached hydrogens (tertiary/aromatic N) is 1. The summed E-state index contributed by atoms with van der Waals surface area (Å²) in [6.45, 7) is 2.34. The Morgan fingerprint density at radius 1 is 1.41 bits per heavy atom. The van der Waals surface area contributed by atoms with Gasteiger partial charge in [-0.25, -0.2) is 8.78 Å². The van der Waals surface area contributed by atoms with Gasteiger partial charge in [0.1, 0.15) is 30.2 Å². The summed E-state index contributed by atoms with van der Waals surface area (Å²) in [6, 6.07) is 4.25. The molecule has 0 radical (unpaired) electrons. The number of H-pyrrole nitrogens is 2. The maximum Gasteiger partial charge on any atom is 0.276 e. The average molecular weight is 393 g/mol. The van der Waals surface area contributed by atoms with Crippen molar-refractivity contribution in [1.29, 1.82) is 0 Å². The molecule has 3 rings (SSSR count). The smallest absolute Gasteiger partial charge is 0.276 e. The highest BCUT2D eigenvalue weighted by molar-refractivity contribution is 7.71. The number of hydrogen-bond donors (Lipinski definition) is 3. The second-order valence-corrected chi connectivity index (χ2v) is 6.53. The standard InChI is InChI=1S/C18H18F2N4O2S/c1-10-7-22-15-16(10)24(18(27)23-17(15)25)8-11-2-13(20)4-14(3-11)26-9-12(5-19)6-21/h2-5,7,22H,6,8-9,21H2,1H3,(H,23,25,27)/p+1/b12-5+. The first-order valence-corrected chi connectivity index (χ1v) is 8.64. The Bertz CT molecular complexity index is 1130. The fourth-order valence-corrected chi connectivity index (χ4v) is 3.08. The number of rotatable bonds is 6. The molecule has 0 unspecified atom stereocenters. The number of aromatic nitrogens is 3. The molecule has 9 heteroatoms. The van der Waals surface area contributed by atoms with Crippen molar-refractivity contribution in [3.05, 3.63) is 68.4 Å². The van der Waals surface area contributed by atoms with E-state index in [4.69, 9.17) is 17.0 Å². The van der Waals surface area contributed by atoms with Crippen LogP contribution in [0.15, 0.2) is 41.1 Å². The van der Waals surface area contributed by atoms with Crippen molar-refractivity contribution >= 4 is 23.3 Å². The van der Waals surface area contributed by atoms with Crippen LogP contribution in [0.3, 0.4) is 0 Å². The lowest BCUT2D eigenvalue weighted by Crippen LogP contribution is -2.51. The van der Waals surface area contributed by atoms with E-state index in [1.807, 2.05) is 6.92 Å². The van der Waals surface area contributed by atoms with Gasteiger partial charge in [0.15, 0.2) is 4.77 Å². The first-order valence-electron chi connectivity index (χ1n) is 8.23. The molecule has 0 bridgehead atoms. The minimum absolute atomic E-state index is 0.0118. The van der Waals surface area contributed by atoms with E-state index in [2.05, 4.69) is 15.7 Å². The van der Waals surface area contributed by atoms with Gasteiger partial charge in [-0.1, -0.05) is 0 Å². The molecule has 0 spiro atoms. The number of aryl methyl sites for hydroxylation is 1. The topological polar surface area (TPSA) is 90.5 Å². The largest absolute Gasteiger partial charge is 0.489 e. The number of ether oxygens (including phenoxy) is 1. The minimum Gasteiger partial charge on any atom is -0.489 e. The Labute approximate surface area is 158 Å². The third-order valence-corrected chi connectivity index (χ3v) is 4.50. The zero-order valence-electron chi connectivity index (χ0n) is 14.6. The molecule has 2 aromatic heterocycles. The van der Waals surface area contributed by atoms with Crippen LogP contribution < -0.4 is 16.0 Å². The van der Waals surface area contributed by atoms with Crippen LogP contribution in [0.4, 0.5) is 8.78 Å². The van der Waals surface area contributed by atoms with E-state index in [0.717, 1.165) is 5.56 Å². The highest BCUT2D eigenvalue weighted by Crippen LogP contribution is 2.21. The predicted molar refractivity (Wildman–Crippen MR) is 100 cm³/mol. The molecule has 0 aliphatic heterocycles. The molecular weight excluding hydrogens is 374 g/mol. The second kappa shape index (κ2) is 7.85. The Morgan fingerprint density at radius 2 is 2.19 bits per heavy atom. The van der Waals surface area contributed by atoms with Gasteiger partial charge in [0, 0.05) is 17.8 Å². The molecule has 0 saturated heterocycles. The molecule has 0 atom stereocenters. The molecule has 1 aromatic carbocycles. The third-order valence-electron chi connectivity index (χ3n) is 4.18. The van der Waals surface area contributed by atoms with Crippen LogP contribution >= 0.6 is 12.2 Å². The summed E-state index contributed by atoms with van der Waals surface area (Å²) >= 11 is 5.29. The van der Waals surface area contributed by atoms with Gasteiger partial charge in [-0.2, -0.15) is 0 Å². The van der Waals surface area contributed by atoms with Gasteiger partial charge in [-0.05, 0) is 42.4 Å². The number of aromatic amines is 2. The highest BCUT2D eigenvalue weighted by Gasteiger charge is 2.12. The maximum atomic E-state index is 14.0. The number of halogens is 2. The van der Waals surface area contributed by atoms with Crippen molar-refractivity contribution in [3.8, 4) is 5.75 Å². The first kappa shape index (κ1) is 19.0. The summed E-state index contributed by atoms with van der Waals surface area (Å²) in [6.07, 6.45) is 2.16. The normalized spacial score (nSPS) is 11.9. The van der Waals surface area contributed by atoms with Crippen molar-refractivity contribution in [2.24, 2.45) is 0 Å².